The summed E-state index contributed by atoms with van der Waals surface area (Å²) in [6, 6.07) is 6.88. The van der Waals surface area contributed by atoms with Crippen LogP contribution >= 0.6 is 0 Å². The number of likely N-dealkylation sites (N-methyl/N-ethyl adjacent to an activating group) is 1. The fourth-order valence-corrected chi connectivity index (χ4v) is 2.63. The molecule has 20 heavy (non-hydrogen) atoms. The van der Waals surface area contributed by atoms with E-state index in [1.54, 1.807) is 4.68 Å². The van der Waals surface area contributed by atoms with Crippen molar-refractivity contribution in [2.24, 2.45) is 7.05 Å². The molecule has 1 heterocycles. The summed E-state index contributed by atoms with van der Waals surface area (Å²) in [7, 11) is 1.91. The van der Waals surface area contributed by atoms with Gasteiger partial charge in [0, 0.05) is 30.3 Å². The Balaban J connectivity index is 2.38. The average Bonchev–Trinajstić information content (AvgIpc) is 2.82. The van der Waals surface area contributed by atoms with E-state index in [1.807, 2.05) is 31.6 Å². The van der Waals surface area contributed by atoms with Crippen LogP contribution in [0.3, 0.4) is 0 Å². The Morgan fingerprint density at radius 1 is 1.30 bits per heavy atom. The van der Waals surface area contributed by atoms with Crippen molar-refractivity contribution in [3.05, 3.63) is 53.6 Å². The van der Waals surface area contributed by atoms with Crippen molar-refractivity contribution >= 4 is 0 Å². The Labute approximate surface area is 119 Å². The van der Waals surface area contributed by atoms with Gasteiger partial charge in [0.1, 0.15) is 5.82 Å². The largest absolute Gasteiger partial charge is 0.309 e. The van der Waals surface area contributed by atoms with Gasteiger partial charge in [0.2, 0.25) is 0 Å². The lowest BCUT2D eigenvalue weighted by molar-refractivity contribution is 0.353. The van der Waals surface area contributed by atoms with E-state index in [1.165, 1.54) is 12.1 Å². The maximum Gasteiger partial charge on any atom is 0.123 e. The van der Waals surface area contributed by atoms with Crippen molar-refractivity contribution in [3.63, 3.8) is 0 Å². The van der Waals surface area contributed by atoms with Gasteiger partial charge >= 0.3 is 0 Å². The molecule has 1 aromatic heterocycles. The van der Waals surface area contributed by atoms with Gasteiger partial charge in [0.25, 0.3) is 0 Å². The van der Waals surface area contributed by atoms with E-state index in [-0.39, 0.29) is 17.3 Å². The number of hydrogen-bond donors (Lipinski definition) is 1. The monoisotopic (exact) mass is 275 g/mol. The number of halogens is 1. The van der Waals surface area contributed by atoms with Gasteiger partial charge in [-0.2, -0.15) is 5.10 Å². The van der Waals surface area contributed by atoms with Crippen LogP contribution in [0, 0.1) is 5.82 Å². The third-order valence-corrected chi connectivity index (χ3v) is 3.78. The smallest absolute Gasteiger partial charge is 0.123 e. The summed E-state index contributed by atoms with van der Waals surface area (Å²) in [4.78, 5) is 0. The molecule has 1 aromatic carbocycles. The van der Waals surface area contributed by atoms with Crippen LogP contribution in [0.5, 0.6) is 0 Å². The van der Waals surface area contributed by atoms with E-state index in [0.717, 1.165) is 17.7 Å². The van der Waals surface area contributed by atoms with Crippen molar-refractivity contribution in [1.29, 1.82) is 0 Å². The third kappa shape index (κ3) is 2.90. The highest BCUT2D eigenvalue weighted by molar-refractivity contribution is 5.30. The van der Waals surface area contributed by atoms with Gasteiger partial charge < -0.3 is 5.32 Å². The number of benzene rings is 1. The lowest BCUT2D eigenvalue weighted by Gasteiger charge is -2.35. The normalized spacial score (nSPS) is 13.4. The average molecular weight is 275 g/mol. The molecule has 1 unspecified atom stereocenters. The molecule has 1 atom stereocenters. The zero-order chi connectivity index (χ0) is 14.8. The SMILES string of the molecule is CCNC(c1cnn(C)c1)C(C)(C)c1ccc(F)cc1. The minimum absolute atomic E-state index is 0.131. The van der Waals surface area contributed by atoms with Crippen LogP contribution in [-0.2, 0) is 12.5 Å². The van der Waals surface area contributed by atoms with E-state index in [0.29, 0.717) is 0 Å². The van der Waals surface area contributed by atoms with Crippen molar-refractivity contribution in [1.82, 2.24) is 15.1 Å². The van der Waals surface area contributed by atoms with Gasteiger partial charge in [-0.25, -0.2) is 4.39 Å². The van der Waals surface area contributed by atoms with E-state index < -0.39 is 0 Å². The molecule has 0 bridgehead atoms. The molecule has 0 fully saturated rings. The summed E-state index contributed by atoms with van der Waals surface area (Å²) >= 11 is 0. The predicted octanol–water partition coefficient (Wildman–Crippen LogP) is 3.19. The second-order valence-electron chi connectivity index (χ2n) is 5.67. The van der Waals surface area contributed by atoms with Crippen molar-refractivity contribution in [3.8, 4) is 0 Å². The first kappa shape index (κ1) is 14.7. The van der Waals surface area contributed by atoms with Crippen molar-refractivity contribution < 1.29 is 4.39 Å². The van der Waals surface area contributed by atoms with E-state index in [2.05, 4.69) is 31.2 Å². The minimum atomic E-state index is -0.203. The Kier molecular flexibility index (Phi) is 4.23. The van der Waals surface area contributed by atoms with Crippen molar-refractivity contribution in [2.75, 3.05) is 6.54 Å². The highest BCUT2D eigenvalue weighted by Crippen LogP contribution is 2.36. The lowest BCUT2D eigenvalue weighted by Crippen LogP contribution is -2.37. The number of nitrogens with zero attached hydrogens (tertiary/aromatic N) is 2. The van der Waals surface area contributed by atoms with Crippen LogP contribution in [-0.4, -0.2) is 16.3 Å². The topological polar surface area (TPSA) is 29.9 Å². The molecule has 0 saturated heterocycles. The fourth-order valence-electron chi connectivity index (χ4n) is 2.63. The molecule has 4 heteroatoms. The molecule has 0 saturated carbocycles. The second-order valence-corrected chi connectivity index (χ2v) is 5.67. The third-order valence-electron chi connectivity index (χ3n) is 3.78. The molecule has 3 nitrogen and oxygen atoms in total. The molecular weight excluding hydrogens is 253 g/mol. The molecule has 108 valence electrons. The number of rotatable bonds is 5. The van der Waals surface area contributed by atoms with Gasteiger partial charge in [-0.1, -0.05) is 32.9 Å². The van der Waals surface area contributed by atoms with Gasteiger partial charge in [-0.15, -0.1) is 0 Å². The minimum Gasteiger partial charge on any atom is -0.309 e. The number of aryl methyl sites for hydroxylation is 1. The van der Waals surface area contributed by atoms with E-state index >= 15 is 0 Å². The molecule has 0 spiro atoms. The van der Waals surface area contributed by atoms with Crippen LogP contribution < -0.4 is 5.32 Å². The molecule has 0 aliphatic carbocycles. The van der Waals surface area contributed by atoms with Crippen molar-refractivity contribution in [2.45, 2.75) is 32.2 Å². The van der Waals surface area contributed by atoms with Gasteiger partial charge in [0.05, 0.1) is 6.20 Å². The molecular formula is C16H22FN3. The van der Waals surface area contributed by atoms with Crippen LogP contribution in [0.2, 0.25) is 0 Å². The molecule has 0 aliphatic heterocycles. The standard InChI is InChI=1S/C16H22FN3/c1-5-18-15(12-10-19-20(4)11-12)16(2,3)13-6-8-14(17)9-7-13/h6-11,15,18H,5H2,1-4H3. The summed E-state index contributed by atoms with van der Waals surface area (Å²) in [5, 5.41) is 7.78. The number of nitrogens with one attached hydrogen (secondary N) is 1. The van der Waals surface area contributed by atoms with Gasteiger partial charge in [-0.05, 0) is 24.2 Å². The summed E-state index contributed by atoms with van der Waals surface area (Å²) in [5.41, 5.74) is 2.09. The molecule has 1 N–H and O–H groups in total. The highest BCUT2D eigenvalue weighted by atomic mass is 19.1. The molecule has 0 radical (unpaired) electrons. The quantitative estimate of drug-likeness (QED) is 0.908. The Morgan fingerprint density at radius 2 is 1.95 bits per heavy atom. The Morgan fingerprint density at radius 3 is 2.45 bits per heavy atom. The number of aromatic nitrogens is 2. The molecule has 2 rings (SSSR count). The van der Waals surface area contributed by atoms with Gasteiger partial charge in [-0.3, -0.25) is 4.68 Å². The summed E-state index contributed by atoms with van der Waals surface area (Å²) < 4.78 is 14.9. The number of hydrogen-bond acceptors (Lipinski definition) is 2. The highest BCUT2D eigenvalue weighted by Gasteiger charge is 2.32. The predicted molar refractivity (Wildman–Crippen MR) is 79.1 cm³/mol. The zero-order valence-electron chi connectivity index (χ0n) is 12.5. The second kappa shape index (κ2) is 5.75. The Hall–Kier alpha value is -1.68. The zero-order valence-corrected chi connectivity index (χ0v) is 12.5. The molecule has 0 aliphatic rings. The fraction of sp³-hybridized carbons (Fsp3) is 0.438. The summed E-state index contributed by atoms with van der Waals surface area (Å²) in [6.07, 6.45) is 3.91. The van der Waals surface area contributed by atoms with Crippen LogP contribution in [0.25, 0.3) is 0 Å². The van der Waals surface area contributed by atoms with E-state index in [4.69, 9.17) is 0 Å². The van der Waals surface area contributed by atoms with Crippen LogP contribution in [0.4, 0.5) is 4.39 Å². The Bertz CT molecular complexity index is 557. The summed E-state index contributed by atoms with van der Waals surface area (Å²) in [6.45, 7) is 7.29. The van der Waals surface area contributed by atoms with E-state index in [9.17, 15) is 4.39 Å². The maximum absolute atomic E-state index is 13.1. The van der Waals surface area contributed by atoms with Crippen LogP contribution in [0.15, 0.2) is 36.7 Å². The summed E-state index contributed by atoms with van der Waals surface area (Å²) in [5.74, 6) is -0.203. The molecule has 2 aromatic rings. The molecule has 0 amide bonds. The first-order valence-electron chi connectivity index (χ1n) is 6.93. The van der Waals surface area contributed by atoms with Crippen LogP contribution in [0.1, 0.15) is 37.9 Å². The van der Waals surface area contributed by atoms with Gasteiger partial charge in [0.15, 0.2) is 0 Å². The first-order valence-corrected chi connectivity index (χ1v) is 6.93. The first-order chi connectivity index (χ1) is 9.45. The lowest BCUT2D eigenvalue weighted by atomic mass is 9.75. The maximum atomic E-state index is 13.1.